The molecule has 1 aromatic rings. The van der Waals surface area contributed by atoms with Gasteiger partial charge in [0.15, 0.2) is 0 Å². The largest absolute Gasteiger partial charge is 0.390 e. The summed E-state index contributed by atoms with van der Waals surface area (Å²) in [6.07, 6.45) is 2.42. The topological polar surface area (TPSA) is 54.2 Å². The predicted octanol–water partition coefficient (Wildman–Crippen LogP) is 0.209. The van der Waals surface area contributed by atoms with Gasteiger partial charge in [-0.1, -0.05) is 5.21 Å². The minimum Gasteiger partial charge on any atom is -0.390 e. The lowest BCUT2D eigenvalue weighted by atomic mass is 10.2. The van der Waals surface area contributed by atoms with Gasteiger partial charge in [0, 0.05) is 12.5 Å². The van der Waals surface area contributed by atoms with E-state index in [-0.39, 0.29) is 6.61 Å². The first-order valence-corrected chi connectivity index (χ1v) is 5.40. The molecule has 0 atom stereocenters. The molecule has 1 aromatic heterocycles. The van der Waals surface area contributed by atoms with Gasteiger partial charge >= 0.3 is 0 Å². The van der Waals surface area contributed by atoms with E-state index >= 15 is 0 Å². The quantitative estimate of drug-likeness (QED) is 0.755. The highest BCUT2D eigenvalue weighted by Crippen LogP contribution is 2.41. The van der Waals surface area contributed by atoms with Crippen LogP contribution in [0.25, 0.3) is 0 Å². The highest BCUT2D eigenvalue weighted by Gasteiger charge is 2.30. The van der Waals surface area contributed by atoms with E-state index < -0.39 is 0 Å². The highest BCUT2D eigenvalue weighted by molar-refractivity contribution is 5.19. The maximum absolute atomic E-state index is 9.16. The van der Waals surface area contributed by atoms with Gasteiger partial charge in [0.1, 0.15) is 5.69 Å². The lowest BCUT2D eigenvalue weighted by Crippen LogP contribution is -2.20. The average Bonchev–Trinajstić information content (AvgIpc) is 2.96. The van der Waals surface area contributed by atoms with Crippen molar-refractivity contribution in [1.29, 1.82) is 0 Å². The minimum absolute atomic E-state index is 0.00774. The van der Waals surface area contributed by atoms with Gasteiger partial charge in [-0.2, -0.15) is 0 Å². The van der Waals surface area contributed by atoms with Gasteiger partial charge in [-0.05, 0) is 26.9 Å². The number of aromatic nitrogens is 3. The third-order valence-electron chi connectivity index (χ3n) is 2.72. The molecule has 0 aliphatic heterocycles. The van der Waals surface area contributed by atoms with E-state index in [0.717, 1.165) is 24.5 Å². The lowest BCUT2D eigenvalue weighted by Gasteiger charge is -2.11. The summed E-state index contributed by atoms with van der Waals surface area (Å²) in [4.78, 5) is 2.12. The zero-order chi connectivity index (χ0) is 10.8. The molecule has 2 rings (SSSR count). The minimum atomic E-state index is 0.00774. The van der Waals surface area contributed by atoms with Crippen molar-refractivity contribution < 1.29 is 5.11 Å². The summed E-state index contributed by atoms with van der Waals surface area (Å²) in [6.45, 7) is 1.81. The van der Waals surface area contributed by atoms with Crippen LogP contribution in [0.5, 0.6) is 0 Å². The van der Waals surface area contributed by atoms with Crippen molar-refractivity contribution in [2.75, 3.05) is 20.6 Å². The summed E-state index contributed by atoms with van der Waals surface area (Å²) in [5.41, 5.74) is 1.91. The first-order chi connectivity index (χ1) is 7.22. The van der Waals surface area contributed by atoms with Gasteiger partial charge in [0.05, 0.1) is 18.8 Å². The maximum atomic E-state index is 9.16. The number of hydrogen-bond acceptors (Lipinski definition) is 4. The van der Waals surface area contributed by atoms with E-state index in [9.17, 15) is 0 Å². The van der Waals surface area contributed by atoms with Crippen LogP contribution in [0.1, 0.15) is 30.1 Å². The van der Waals surface area contributed by atoms with Gasteiger partial charge in [-0.3, -0.25) is 0 Å². The number of hydrogen-bond donors (Lipinski definition) is 1. The summed E-state index contributed by atoms with van der Waals surface area (Å²) < 4.78 is 1.95. The molecule has 1 N–H and O–H groups in total. The Morgan fingerprint density at radius 2 is 2.20 bits per heavy atom. The molecule has 84 valence electrons. The van der Waals surface area contributed by atoms with Crippen molar-refractivity contribution in [1.82, 2.24) is 19.9 Å². The fourth-order valence-electron chi connectivity index (χ4n) is 1.73. The number of nitrogens with zero attached hydrogens (tertiary/aromatic N) is 4. The van der Waals surface area contributed by atoms with Crippen LogP contribution < -0.4 is 0 Å². The van der Waals surface area contributed by atoms with E-state index in [1.54, 1.807) is 0 Å². The van der Waals surface area contributed by atoms with Gasteiger partial charge in [-0.25, -0.2) is 4.68 Å². The summed E-state index contributed by atoms with van der Waals surface area (Å²) in [7, 11) is 4.08. The monoisotopic (exact) mass is 210 g/mol. The summed E-state index contributed by atoms with van der Waals surface area (Å²) in [6, 6.07) is 0. The van der Waals surface area contributed by atoms with E-state index in [0.29, 0.717) is 5.92 Å². The van der Waals surface area contributed by atoms with E-state index in [1.807, 2.05) is 18.8 Å². The molecule has 0 saturated heterocycles. The standard InChI is InChI=1S/C10H18N4O/c1-13(2)5-6-14-10(8-3-4-8)9(7-15)11-12-14/h8,15H,3-7H2,1-2H3. The van der Waals surface area contributed by atoms with Crippen molar-refractivity contribution >= 4 is 0 Å². The summed E-state index contributed by atoms with van der Waals surface area (Å²) in [5.74, 6) is 0.587. The Bertz CT molecular complexity index is 330. The van der Waals surface area contributed by atoms with Gasteiger partial charge in [-0.15, -0.1) is 5.10 Å². The fourth-order valence-corrected chi connectivity index (χ4v) is 1.73. The van der Waals surface area contributed by atoms with Crippen molar-refractivity contribution in [3.05, 3.63) is 11.4 Å². The first-order valence-electron chi connectivity index (χ1n) is 5.40. The Morgan fingerprint density at radius 3 is 2.73 bits per heavy atom. The SMILES string of the molecule is CN(C)CCn1nnc(CO)c1C1CC1. The molecule has 0 bridgehead atoms. The molecule has 0 aromatic carbocycles. The van der Waals surface area contributed by atoms with E-state index in [4.69, 9.17) is 5.11 Å². The third kappa shape index (κ3) is 2.35. The average molecular weight is 210 g/mol. The summed E-state index contributed by atoms with van der Waals surface area (Å²) >= 11 is 0. The molecule has 1 saturated carbocycles. The van der Waals surface area contributed by atoms with Gasteiger partial charge < -0.3 is 10.0 Å². The molecule has 1 heterocycles. The number of aliphatic hydroxyl groups excluding tert-OH is 1. The first kappa shape index (κ1) is 10.6. The van der Waals surface area contributed by atoms with Crippen molar-refractivity contribution in [3.63, 3.8) is 0 Å². The summed E-state index contributed by atoms with van der Waals surface area (Å²) in [5, 5.41) is 17.3. The molecule has 15 heavy (non-hydrogen) atoms. The molecule has 1 aliphatic rings. The maximum Gasteiger partial charge on any atom is 0.112 e. The van der Waals surface area contributed by atoms with Crippen LogP contribution in [0.3, 0.4) is 0 Å². The molecule has 0 amide bonds. The van der Waals surface area contributed by atoms with Crippen LogP contribution in [0, 0.1) is 0 Å². The molecular weight excluding hydrogens is 192 g/mol. The Hall–Kier alpha value is -0.940. The molecule has 1 fully saturated rings. The van der Waals surface area contributed by atoms with Crippen LogP contribution in [-0.4, -0.2) is 45.6 Å². The van der Waals surface area contributed by atoms with Crippen molar-refractivity contribution in [3.8, 4) is 0 Å². The number of likely N-dealkylation sites (N-methyl/N-ethyl adjacent to an activating group) is 1. The lowest BCUT2D eigenvalue weighted by molar-refractivity contribution is 0.275. The second-order valence-electron chi connectivity index (χ2n) is 4.38. The van der Waals surface area contributed by atoms with Crippen molar-refractivity contribution in [2.45, 2.75) is 31.9 Å². The molecule has 5 nitrogen and oxygen atoms in total. The molecular formula is C10H18N4O. The fraction of sp³-hybridized carbons (Fsp3) is 0.800. The molecule has 5 heteroatoms. The number of rotatable bonds is 5. The smallest absolute Gasteiger partial charge is 0.112 e. The molecule has 0 unspecified atom stereocenters. The van der Waals surface area contributed by atoms with Gasteiger partial charge in [0.25, 0.3) is 0 Å². The highest BCUT2D eigenvalue weighted by atomic mass is 16.3. The molecule has 1 aliphatic carbocycles. The van der Waals surface area contributed by atoms with E-state index in [2.05, 4.69) is 15.2 Å². The van der Waals surface area contributed by atoms with Gasteiger partial charge in [0.2, 0.25) is 0 Å². The van der Waals surface area contributed by atoms with Crippen LogP contribution in [0.4, 0.5) is 0 Å². The third-order valence-corrected chi connectivity index (χ3v) is 2.72. The van der Waals surface area contributed by atoms with E-state index in [1.165, 1.54) is 12.8 Å². The van der Waals surface area contributed by atoms with Crippen LogP contribution >= 0.6 is 0 Å². The predicted molar refractivity (Wildman–Crippen MR) is 56.5 cm³/mol. The second-order valence-corrected chi connectivity index (χ2v) is 4.38. The van der Waals surface area contributed by atoms with Crippen LogP contribution in [-0.2, 0) is 13.2 Å². The van der Waals surface area contributed by atoms with Crippen LogP contribution in [0.2, 0.25) is 0 Å². The van der Waals surface area contributed by atoms with Crippen LogP contribution in [0.15, 0.2) is 0 Å². The molecule has 0 spiro atoms. The molecule has 0 radical (unpaired) electrons. The Labute approximate surface area is 89.7 Å². The van der Waals surface area contributed by atoms with Crippen molar-refractivity contribution in [2.24, 2.45) is 0 Å². The Morgan fingerprint density at radius 1 is 1.47 bits per heavy atom. The zero-order valence-corrected chi connectivity index (χ0v) is 9.35. The number of aliphatic hydroxyl groups is 1. The normalized spacial score (nSPS) is 16.3. The second kappa shape index (κ2) is 4.28. The Kier molecular flexibility index (Phi) is 3.02. The zero-order valence-electron chi connectivity index (χ0n) is 9.35. The Balaban J connectivity index is 2.11.